The molecule has 0 aliphatic carbocycles. The first-order valence-corrected chi connectivity index (χ1v) is 8.64. The highest BCUT2D eigenvalue weighted by molar-refractivity contribution is 7.17. The summed E-state index contributed by atoms with van der Waals surface area (Å²) in [7, 11) is 0. The molecule has 0 saturated heterocycles. The zero-order valence-electron chi connectivity index (χ0n) is 13.7. The van der Waals surface area contributed by atoms with Crippen molar-refractivity contribution in [3.63, 3.8) is 0 Å². The van der Waals surface area contributed by atoms with Crippen LogP contribution in [0.15, 0.2) is 59.0 Å². The van der Waals surface area contributed by atoms with Crippen LogP contribution in [0, 0.1) is 6.92 Å². The molecule has 2 N–H and O–H groups in total. The van der Waals surface area contributed by atoms with Crippen LogP contribution in [0.2, 0.25) is 0 Å². The van der Waals surface area contributed by atoms with Gasteiger partial charge in [-0.3, -0.25) is 9.59 Å². The van der Waals surface area contributed by atoms with Gasteiger partial charge in [-0.25, -0.2) is 5.43 Å². The van der Waals surface area contributed by atoms with Gasteiger partial charge in [-0.2, -0.15) is 5.10 Å². The van der Waals surface area contributed by atoms with E-state index in [-0.39, 0.29) is 18.4 Å². The molecule has 0 radical (unpaired) electrons. The fraction of sp³-hybridized carbons (Fsp3) is 0.105. The molecule has 0 aliphatic heterocycles. The third kappa shape index (κ3) is 4.30. The number of benzene rings is 2. The van der Waals surface area contributed by atoms with E-state index in [0.29, 0.717) is 5.56 Å². The van der Waals surface area contributed by atoms with Gasteiger partial charge in [-0.1, -0.05) is 35.9 Å². The van der Waals surface area contributed by atoms with Gasteiger partial charge in [0, 0.05) is 26.6 Å². The summed E-state index contributed by atoms with van der Waals surface area (Å²) in [6.45, 7) is 1.82. The van der Waals surface area contributed by atoms with Crippen LogP contribution in [0.1, 0.15) is 21.5 Å². The molecule has 126 valence electrons. The smallest absolute Gasteiger partial charge is 0.259 e. The molecule has 0 spiro atoms. The van der Waals surface area contributed by atoms with Crippen molar-refractivity contribution in [2.75, 3.05) is 6.54 Å². The van der Waals surface area contributed by atoms with Gasteiger partial charge in [0.25, 0.3) is 11.8 Å². The number of nitrogens with one attached hydrogen (secondary N) is 2. The Hall–Kier alpha value is -2.99. The van der Waals surface area contributed by atoms with E-state index >= 15 is 0 Å². The summed E-state index contributed by atoms with van der Waals surface area (Å²) < 4.78 is 1.17. The highest BCUT2D eigenvalue weighted by Crippen LogP contribution is 2.23. The first kappa shape index (κ1) is 16.9. The molecular weight excluding hydrogens is 334 g/mol. The van der Waals surface area contributed by atoms with E-state index in [1.54, 1.807) is 29.7 Å². The summed E-state index contributed by atoms with van der Waals surface area (Å²) in [6, 6.07) is 15.1. The lowest BCUT2D eigenvalue weighted by molar-refractivity contribution is -0.120. The SMILES string of the molecule is Cc1ccc(C(=O)NCC(=O)NN=Cc2csc3ccccc23)cc1. The molecule has 3 rings (SSSR count). The number of fused-ring (bicyclic) bond motifs is 1. The molecule has 3 aromatic rings. The van der Waals surface area contributed by atoms with Crippen molar-refractivity contribution in [2.45, 2.75) is 6.92 Å². The number of aryl methyl sites for hydroxylation is 1. The first-order chi connectivity index (χ1) is 12.1. The Kier molecular flexibility index (Phi) is 5.20. The Morgan fingerprint density at radius 1 is 1.12 bits per heavy atom. The van der Waals surface area contributed by atoms with Crippen molar-refractivity contribution in [1.29, 1.82) is 0 Å². The fourth-order valence-corrected chi connectivity index (χ4v) is 3.19. The van der Waals surface area contributed by atoms with Gasteiger partial charge in [-0.15, -0.1) is 11.3 Å². The minimum atomic E-state index is -0.378. The van der Waals surface area contributed by atoms with Gasteiger partial charge in [0.1, 0.15) is 0 Å². The Bertz CT molecular complexity index is 929. The fourth-order valence-electron chi connectivity index (χ4n) is 2.28. The molecular formula is C19H17N3O2S. The molecule has 0 unspecified atom stereocenters. The maximum Gasteiger partial charge on any atom is 0.259 e. The number of rotatable bonds is 5. The van der Waals surface area contributed by atoms with Gasteiger partial charge >= 0.3 is 0 Å². The summed E-state index contributed by atoms with van der Waals surface area (Å²) in [5, 5.41) is 9.61. The Morgan fingerprint density at radius 3 is 2.68 bits per heavy atom. The molecule has 0 aliphatic rings. The Labute approximate surface area is 149 Å². The average molecular weight is 351 g/mol. The van der Waals surface area contributed by atoms with Crippen molar-refractivity contribution in [3.8, 4) is 0 Å². The number of hydrogen-bond donors (Lipinski definition) is 2. The van der Waals surface area contributed by atoms with E-state index in [1.165, 1.54) is 4.70 Å². The molecule has 0 bridgehead atoms. The maximum atomic E-state index is 11.9. The maximum absolute atomic E-state index is 11.9. The predicted molar refractivity (Wildman–Crippen MR) is 101 cm³/mol. The van der Waals surface area contributed by atoms with Crippen LogP contribution in [0.5, 0.6) is 0 Å². The molecule has 25 heavy (non-hydrogen) atoms. The first-order valence-electron chi connectivity index (χ1n) is 7.76. The second-order valence-electron chi connectivity index (χ2n) is 5.53. The van der Waals surface area contributed by atoms with Gasteiger partial charge < -0.3 is 5.32 Å². The van der Waals surface area contributed by atoms with Crippen molar-refractivity contribution in [2.24, 2.45) is 5.10 Å². The van der Waals surface area contributed by atoms with E-state index in [0.717, 1.165) is 16.5 Å². The summed E-state index contributed by atoms with van der Waals surface area (Å²) >= 11 is 1.62. The molecule has 6 heteroatoms. The van der Waals surface area contributed by atoms with Gasteiger partial charge in [0.2, 0.25) is 0 Å². The number of hydrazone groups is 1. The van der Waals surface area contributed by atoms with Crippen molar-refractivity contribution in [3.05, 3.63) is 70.6 Å². The van der Waals surface area contributed by atoms with E-state index < -0.39 is 0 Å². The Morgan fingerprint density at radius 2 is 1.88 bits per heavy atom. The van der Waals surface area contributed by atoms with Crippen LogP contribution < -0.4 is 10.7 Å². The van der Waals surface area contributed by atoms with Crippen LogP contribution in [0.25, 0.3) is 10.1 Å². The zero-order valence-corrected chi connectivity index (χ0v) is 14.5. The second kappa shape index (κ2) is 7.72. The highest BCUT2D eigenvalue weighted by atomic mass is 32.1. The lowest BCUT2D eigenvalue weighted by Crippen LogP contribution is -2.34. The molecule has 1 heterocycles. The molecule has 2 aromatic carbocycles. The molecule has 2 amide bonds. The average Bonchev–Trinajstić information content (AvgIpc) is 3.04. The second-order valence-corrected chi connectivity index (χ2v) is 6.44. The monoisotopic (exact) mass is 351 g/mol. The van der Waals surface area contributed by atoms with Crippen LogP contribution in [-0.2, 0) is 4.79 Å². The van der Waals surface area contributed by atoms with Gasteiger partial charge in [0.05, 0.1) is 12.8 Å². The van der Waals surface area contributed by atoms with Gasteiger partial charge in [0.15, 0.2) is 0 Å². The van der Waals surface area contributed by atoms with Crippen LogP contribution in [0.4, 0.5) is 0 Å². The van der Waals surface area contributed by atoms with Crippen molar-refractivity contribution < 1.29 is 9.59 Å². The predicted octanol–water partition coefficient (Wildman–Crippen LogP) is 3.09. The number of hydrogen-bond acceptors (Lipinski definition) is 4. The number of carbonyl (C=O) groups excluding carboxylic acids is 2. The summed E-state index contributed by atoms with van der Waals surface area (Å²) in [6.07, 6.45) is 1.61. The quantitative estimate of drug-likeness (QED) is 0.548. The highest BCUT2D eigenvalue weighted by Gasteiger charge is 2.07. The van der Waals surface area contributed by atoms with Crippen LogP contribution in [0.3, 0.4) is 0 Å². The molecule has 1 aromatic heterocycles. The zero-order chi connectivity index (χ0) is 17.6. The standard InChI is InChI=1S/C19H17N3O2S/c1-13-6-8-14(9-7-13)19(24)20-11-18(23)22-21-10-15-12-25-17-5-3-2-4-16(15)17/h2-10,12H,11H2,1H3,(H,20,24)(H,22,23). The number of thiophene rings is 1. The summed E-state index contributed by atoms with van der Waals surface area (Å²) in [5.41, 5.74) is 4.96. The van der Waals surface area contributed by atoms with Crippen molar-refractivity contribution >= 4 is 39.5 Å². The largest absolute Gasteiger partial charge is 0.343 e. The third-order valence-electron chi connectivity index (χ3n) is 3.63. The van der Waals surface area contributed by atoms with Crippen LogP contribution in [-0.4, -0.2) is 24.6 Å². The molecule has 0 fully saturated rings. The molecule has 0 atom stereocenters. The lowest BCUT2D eigenvalue weighted by atomic mass is 10.1. The topological polar surface area (TPSA) is 70.6 Å². The van der Waals surface area contributed by atoms with Crippen molar-refractivity contribution in [1.82, 2.24) is 10.7 Å². The van der Waals surface area contributed by atoms with E-state index in [9.17, 15) is 9.59 Å². The number of amides is 2. The number of carbonyl (C=O) groups is 2. The Balaban J connectivity index is 1.51. The minimum absolute atomic E-state index is 0.131. The third-order valence-corrected chi connectivity index (χ3v) is 4.61. The van der Waals surface area contributed by atoms with E-state index in [2.05, 4.69) is 15.8 Å². The summed E-state index contributed by atoms with van der Waals surface area (Å²) in [5.74, 6) is -0.667. The number of nitrogens with zero attached hydrogens (tertiary/aromatic N) is 1. The normalized spacial score (nSPS) is 10.9. The molecule has 0 saturated carbocycles. The van der Waals surface area contributed by atoms with Gasteiger partial charge in [-0.05, 0) is 25.1 Å². The molecule has 5 nitrogen and oxygen atoms in total. The van der Waals surface area contributed by atoms with Crippen LogP contribution >= 0.6 is 11.3 Å². The minimum Gasteiger partial charge on any atom is -0.343 e. The lowest BCUT2D eigenvalue weighted by Gasteiger charge is -2.04. The van der Waals surface area contributed by atoms with E-state index in [1.807, 2.05) is 48.7 Å². The summed E-state index contributed by atoms with van der Waals surface area (Å²) in [4.78, 5) is 23.7. The van der Waals surface area contributed by atoms with E-state index in [4.69, 9.17) is 0 Å².